The van der Waals surface area contributed by atoms with E-state index in [-0.39, 0.29) is 5.54 Å². The van der Waals surface area contributed by atoms with Crippen molar-refractivity contribution in [2.45, 2.75) is 38.6 Å². The van der Waals surface area contributed by atoms with Crippen molar-refractivity contribution >= 4 is 32.3 Å². The smallest absolute Gasteiger partial charge is 0.119 e. The number of nitrogens with zero attached hydrogens (tertiary/aromatic N) is 1. The minimum absolute atomic E-state index is 0.223. The maximum Gasteiger partial charge on any atom is 0.119 e. The molecule has 0 spiro atoms. The van der Waals surface area contributed by atoms with Gasteiger partial charge in [0.1, 0.15) is 5.75 Å². The molecule has 1 unspecified atom stereocenters. The molecule has 1 aliphatic heterocycles. The van der Waals surface area contributed by atoms with Crippen LogP contribution in [0.2, 0.25) is 0 Å². The summed E-state index contributed by atoms with van der Waals surface area (Å²) in [6.07, 6.45) is 1.02. The van der Waals surface area contributed by atoms with Crippen molar-refractivity contribution in [2.24, 2.45) is 0 Å². The van der Waals surface area contributed by atoms with Crippen LogP contribution in [0.3, 0.4) is 0 Å². The molecule has 0 fully saturated rings. The van der Waals surface area contributed by atoms with Gasteiger partial charge in [-0.3, -0.25) is 0 Å². The van der Waals surface area contributed by atoms with Crippen molar-refractivity contribution in [3.8, 4) is 5.75 Å². The van der Waals surface area contributed by atoms with Crippen molar-refractivity contribution in [2.75, 3.05) is 18.6 Å². The van der Waals surface area contributed by atoms with Gasteiger partial charge in [0.2, 0.25) is 0 Å². The molecule has 0 saturated heterocycles. The summed E-state index contributed by atoms with van der Waals surface area (Å²) >= 11 is 5.51. The Bertz CT molecular complexity index is 979. The summed E-state index contributed by atoms with van der Waals surface area (Å²) in [5, 5.41) is 1.34. The van der Waals surface area contributed by atoms with Crippen LogP contribution in [0, 0.1) is 0 Å². The van der Waals surface area contributed by atoms with Crippen LogP contribution >= 0.6 is 27.3 Å². The fourth-order valence-corrected chi connectivity index (χ4v) is 5.59. The lowest BCUT2D eigenvalue weighted by molar-refractivity contribution is 0.411. The van der Waals surface area contributed by atoms with E-state index in [9.17, 15) is 0 Å². The van der Waals surface area contributed by atoms with Crippen molar-refractivity contribution < 1.29 is 4.74 Å². The molecule has 1 atom stereocenters. The van der Waals surface area contributed by atoms with Gasteiger partial charge in [-0.1, -0.05) is 48.0 Å². The molecule has 146 valence electrons. The Kier molecular flexibility index (Phi) is 5.28. The highest BCUT2D eigenvalue weighted by atomic mass is 79.9. The van der Waals surface area contributed by atoms with E-state index in [1.165, 1.54) is 26.6 Å². The van der Waals surface area contributed by atoms with Gasteiger partial charge in [-0.15, -0.1) is 11.3 Å². The van der Waals surface area contributed by atoms with E-state index in [0.717, 1.165) is 23.2 Å². The first-order valence-electron chi connectivity index (χ1n) is 9.74. The monoisotopic (exact) mass is 455 g/mol. The van der Waals surface area contributed by atoms with Gasteiger partial charge < -0.3 is 9.64 Å². The lowest BCUT2D eigenvalue weighted by Gasteiger charge is -2.47. The largest absolute Gasteiger partial charge is 0.497 e. The molecule has 2 aromatic carbocycles. The quantitative estimate of drug-likeness (QED) is 0.420. The number of halogens is 1. The number of hydrogen-bond acceptors (Lipinski definition) is 3. The highest BCUT2D eigenvalue weighted by Crippen LogP contribution is 2.46. The van der Waals surface area contributed by atoms with E-state index in [1.54, 1.807) is 7.11 Å². The number of hydrogen-bond donors (Lipinski definition) is 0. The molecule has 3 aromatic rings. The molecule has 0 amide bonds. The topological polar surface area (TPSA) is 12.5 Å². The average Bonchev–Trinajstić information content (AvgIpc) is 3.18. The number of methoxy groups -OCH3 is 1. The zero-order valence-electron chi connectivity index (χ0n) is 16.8. The first-order valence-corrected chi connectivity index (χ1v) is 11.3. The normalized spacial score (nSPS) is 19.0. The summed E-state index contributed by atoms with van der Waals surface area (Å²) in [4.78, 5) is 4.02. The molecule has 0 N–H and O–H groups in total. The molecule has 2 nitrogen and oxygen atoms in total. The third-order valence-corrected chi connectivity index (χ3v) is 7.77. The van der Waals surface area contributed by atoms with Crippen LogP contribution in [0.1, 0.15) is 48.3 Å². The van der Waals surface area contributed by atoms with E-state index in [4.69, 9.17) is 4.74 Å². The van der Waals surface area contributed by atoms with Gasteiger partial charge in [-0.05, 0) is 72.4 Å². The molecule has 0 radical (unpaired) electrons. The minimum Gasteiger partial charge on any atom is -0.497 e. The number of anilines is 1. The third kappa shape index (κ3) is 3.27. The summed E-state index contributed by atoms with van der Waals surface area (Å²) in [6.45, 7) is 7.88. The zero-order valence-corrected chi connectivity index (χ0v) is 19.2. The number of rotatable bonds is 4. The Morgan fingerprint density at radius 3 is 2.46 bits per heavy atom. The number of benzene rings is 2. The van der Waals surface area contributed by atoms with Crippen LogP contribution in [0.25, 0.3) is 0 Å². The van der Waals surface area contributed by atoms with Crippen LogP contribution in [0.15, 0.2) is 59.1 Å². The van der Waals surface area contributed by atoms with Gasteiger partial charge in [-0.25, -0.2) is 0 Å². The van der Waals surface area contributed by atoms with Crippen molar-refractivity contribution in [1.82, 2.24) is 0 Å². The van der Waals surface area contributed by atoms with Gasteiger partial charge in [0.15, 0.2) is 0 Å². The van der Waals surface area contributed by atoms with Crippen molar-refractivity contribution in [3.05, 3.63) is 80.6 Å². The molecule has 1 aromatic heterocycles. The molecule has 28 heavy (non-hydrogen) atoms. The van der Waals surface area contributed by atoms with Crippen LogP contribution in [-0.4, -0.2) is 13.7 Å². The summed E-state index contributed by atoms with van der Waals surface area (Å²) in [6, 6.07) is 19.9. The lowest BCUT2D eigenvalue weighted by Crippen LogP contribution is -2.49. The first kappa shape index (κ1) is 19.5. The van der Waals surface area contributed by atoms with Crippen LogP contribution in [0.4, 0.5) is 5.00 Å². The molecule has 0 aliphatic carbocycles. The van der Waals surface area contributed by atoms with Crippen LogP contribution in [-0.2, 0) is 12.0 Å². The standard InChI is InChI=1S/C24H26BrNOS/c1-16(2)22-11-12-23(28-22)26-14-13-17-15-20(27-4)9-10-21(17)24(26,3)18-5-7-19(25)8-6-18/h5-12,15-16H,13-14H2,1-4H3. The summed E-state index contributed by atoms with van der Waals surface area (Å²) in [5.41, 5.74) is 3.82. The van der Waals surface area contributed by atoms with Crippen LogP contribution < -0.4 is 9.64 Å². The summed E-state index contributed by atoms with van der Waals surface area (Å²) in [5.74, 6) is 1.49. The minimum atomic E-state index is -0.223. The fraction of sp³-hybridized carbons (Fsp3) is 0.333. The van der Waals surface area contributed by atoms with Crippen molar-refractivity contribution in [1.29, 1.82) is 0 Å². The summed E-state index contributed by atoms with van der Waals surface area (Å²) < 4.78 is 6.60. The Labute approximate surface area is 180 Å². The zero-order chi connectivity index (χ0) is 19.9. The number of thiophene rings is 1. The fourth-order valence-electron chi connectivity index (χ4n) is 4.19. The average molecular weight is 456 g/mol. The molecule has 2 heterocycles. The second-order valence-electron chi connectivity index (χ2n) is 7.83. The molecule has 1 aliphatic rings. The maximum absolute atomic E-state index is 5.49. The van der Waals surface area contributed by atoms with E-state index in [0.29, 0.717) is 5.92 Å². The van der Waals surface area contributed by atoms with E-state index in [1.807, 2.05) is 11.3 Å². The Morgan fingerprint density at radius 1 is 1.07 bits per heavy atom. The SMILES string of the molecule is COc1ccc2c(c1)CCN(c1ccc(C(C)C)s1)C2(C)c1ccc(Br)cc1. The second kappa shape index (κ2) is 7.57. The van der Waals surface area contributed by atoms with Gasteiger partial charge >= 0.3 is 0 Å². The molecular weight excluding hydrogens is 430 g/mol. The molecule has 4 rings (SSSR count). The van der Waals surface area contributed by atoms with E-state index in [2.05, 4.69) is 96.2 Å². The highest BCUT2D eigenvalue weighted by molar-refractivity contribution is 9.10. The maximum atomic E-state index is 5.49. The predicted molar refractivity (Wildman–Crippen MR) is 123 cm³/mol. The molecule has 0 bridgehead atoms. The van der Waals surface area contributed by atoms with Gasteiger partial charge in [-0.2, -0.15) is 0 Å². The van der Waals surface area contributed by atoms with Gasteiger partial charge in [0, 0.05) is 15.9 Å². The third-order valence-electron chi connectivity index (χ3n) is 5.84. The lowest BCUT2D eigenvalue weighted by atomic mass is 9.77. The first-order chi connectivity index (χ1) is 13.4. The van der Waals surface area contributed by atoms with Crippen LogP contribution in [0.5, 0.6) is 5.75 Å². The van der Waals surface area contributed by atoms with E-state index < -0.39 is 0 Å². The highest BCUT2D eigenvalue weighted by Gasteiger charge is 2.41. The Morgan fingerprint density at radius 2 is 1.82 bits per heavy atom. The molecular formula is C24H26BrNOS. The van der Waals surface area contributed by atoms with E-state index >= 15 is 0 Å². The second-order valence-corrected chi connectivity index (χ2v) is 9.84. The van der Waals surface area contributed by atoms with Gasteiger partial charge in [0.25, 0.3) is 0 Å². The van der Waals surface area contributed by atoms with Gasteiger partial charge in [0.05, 0.1) is 17.6 Å². The molecule has 4 heteroatoms. The number of ether oxygens (including phenoxy) is 1. The number of fused-ring (bicyclic) bond motifs is 1. The predicted octanol–water partition coefficient (Wildman–Crippen LogP) is 6.97. The Hall–Kier alpha value is -1.78. The summed E-state index contributed by atoms with van der Waals surface area (Å²) in [7, 11) is 1.74. The Balaban J connectivity index is 1.88. The van der Waals surface area contributed by atoms with Crippen molar-refractivity contribution in [3.63, 3.8) is 0 Å². The molecule has 0 saturated carbocycles.